The van der Waals surface area contributed by atoms with Gasteiger partial charge < -0.3 is 15.4 Å². The molecule has 3 unspecified atom stereocenters. The van der Waals surface area contributed by atoms with Gasteiger partial charge in [-0.2, -0.15) is 0 Å². The van der Waals surface area contributed by atoms with E-state index in [1.165, 1.54) is 24.0 Å². The number of fused-ring (bicyclic) bond motifs is 3. The normalized spacial score (nSPS) is 29.8. The number of aliphatic imine (C=N–C) groups is 1. The lowest BCUT2D eigenvalue weighted by molar-refractivity contribution is 0.0992. The summed E-state index contributed by atoms with van der Waals surface area (Å²) in [6.45, 7) is 3.92. The number of hydrogen-bond acceptors (Lipinski definition) is 2. The zero-order chi connectivity index (χ0) is 15.6. The van der Waals surface area contributed by atoms with Gasteiger partial charge in [0.2, 0.25) is 0 Å². The minimum Gasteiger partial charge on any atom is -0.373 e. The van der Waals surface area contributed by atoms with Crippen LogP contribution in [0.1, 0.15) is 37.3 Å². The fourth-order valence-electron chi connectivity index (χ4n) is 4.28. The molecule has 2 saturated heterocycles. The van der Waals surface area contributed by atoms with Gasteiger partial charge in [-0.15, -0.1) is 0 Å². The van der Waals surface area contributed by atoms with Crippen molar-refractivity contribution < 1.29 is 4.74 Å². The van der Waals surface area contributed by atoms with Crippen molar-refractivity contribution in [1.29, 1.82) is 0 Å². The van der Waals surface area contributed by atoms with Crippen molar-refractivity contribution in [3.05, 3.63) is 35.4 Å². The molecule has 1 aromatic carbocycles. The molecule has 2 bridgehead atoms. The number of ether oxygens (including phenoxy) is 1. The third-order valence-corrected chi connectivity index (χ3v) is 5.42. The number of hydrogen-bond donors (Lipinski definition) is 2. The van der Waals surface area contributed by atoms with Crippen LogP contribution in [0.25, 0.3) is 0 Å². The first kappa shape index (κ1) is 15.0. The Morgan fingerprint density at radius 2 is 2.00 bits per heavy atom. The first-order valence-electron chi connectivity index (χ1n) is 9.09. The number of nitrogens with zero attached hydrogens (tertiary/aromatic N) is 1. The smallest absolute Gasteiger partial charge is 0.191 e. The van der Waals surface area contributed by atoms with E-state index in [4.69, 9.17) is 9.73 Å². The molecule has 0 radical (unpaired) electrons. The summed E-state index contributed by atoms with van der Waals surface area (Å²) in [7, 11) is 0. The highest BCUT2D eigenvalue weighted by atomic mass is 16.5. The predicted octanol–water partition coefficient (Wildman–Crippen LogP) is 2.28. The van der Waals surface area contributed by atoms with E-state index in [0.29, 0.717) is 24.2 Å². The molecular formula is C19H27N3O. The standard InChI is InChI=1S/C19H27N3O/c1-2-20-19(22-17-11-16-7-8-18(17)23-16)21-12-13-9-14-5-3-4-6-15(14)10-13/h3-6,13,16-18H,2,7-12H2,1H3,(H2,20,21,22). The van der Waals surface area contributed by atoms with Gasteiger partial charge in [0.15, 0.2) is 5.96 Å². The van der Waals surface area contributed by atoms with E-state index in [-0.39, 0.29) is 0 Å². The van der Waals surface area contributed by atoms with Gasteiger partial charge in [0, 0.05) is 13.1 Å². The van der Waals surface area contributed by atoms with Gasteiger partial charge in [0.05, 0.1) is 18.2 Å². The van der Waals surface area contributed by atoms with Gasteiger partial charge in [0.25, 0.3) is 0 Å². The van der Waals surface area contributed by atoms with E-state index in [9.17, 15) is 0 Å². The van der Waals surface area contributed by atoms with Crippen molar-refractivity contribution >= 4 is 5.96 Å². The van der Waals surface area contributed by atoms with Gasteiger partial charge in [-0.1, -0.05) is 24.3 Å². The maximum absolute atomic E-state index is 5.94. The summed E-state index contributed by atoms with van der Waals surface area (Å²) in [4.78, 5) is 4.86. The third kappa shape index (κ3) is 3.23. The van der Waals surface area contributed by atoms with E-state index in [1.54, 1.807) is 0 Å². The highest BCUT2D eigenvalue weighted by Crippen LogP contribution is 2.34. The zero-order valence-corrected chi connectivity index (χ0v) is 13.9. The van der Waals surface area contributed by atoms with Crippen LogP contribution in [0.2, 0.25) is 0 Å². The first-order valence-corrected chi connectivity index (χ1v) is 9.09. The first-order chi connectivity index (χ1) is 11.3. The maximum Gasteiger partial charge on any atom is 0.191 e. The third-order valence-electron chi connectivity index (χ3n) is 5.42. The monoisotopic (exact) mass is 313 g/mol. The second kappa shape index (κ2) is 6.52. The summed E-state index contributed by atoms with van der Waals surface area (Å²) in [6.07, 6.45) is 6.75. The van der Waals surface area contributed by atoms with Crippen LogP contribution in [0.4, 0.5) is 0 Å². The van der Waals surface area contributed by atoms with Gasteiger partial charge in [-0.3, -0.25) is 4.99 Å². The summed E-state index contributed by atoms with van der Waals surface area (Å²) < 4.78 is 5.94. The summed E-state index contributed by atoms with van der Waals surface area (Å²) in [5.74, 6) is 1.60. The lowest BCUT2D eigenvalue weighted by atomic mass is 9.96. The minimum atomic E-state index is 0.389. The van der Waals surface area contributed by atoms with Crippen LogP contribution >= 0.6 is 0 Å². The Labute approximate surface area is 138 Å². The van der Waals surface area contributed by atoms with Crippen LogP contribution in [0, 0.1) is 5.92 Å². The zero-order valence-electron chi connectivity index (χ0n) is 13.9. The molecule has 0 amide bonds. The Morgan fingerprint density at radius 1 is 1.22 bits per heavy atom. The molecule has 2 N–H and O–H groups in total. The summed E-state index contributed by atoms with van der Waals surface area (Å²) in [6, 6.07) is 9.24. The molecule has 3 aliphatic rings. The second-order valence-electron chi connectivity index (χ2n) is 7.12. The van der Waals surface area contributed by atoms with Crippen LogP contribution in [-0.2, 0) is 17.6 Å². The molecule has 1 aromatic rings. The van der Waals surface area contributed by atoms with Crippen molar-refractivity contribution in [1.82, 2.24) is 10.6 Å². The maximum atomic E-state index is 5.94. The highest BCUT2D eigenvalue weighted by molar-refractivity contribution is 5.80. The van der Waals surface area contributed by atoms with Crippen molar-refractivity contribution in [2.75, 3.05) is 13.1 Å². The van der Waals surface area contributed by atoms with Crippen molar-refractivity contribution in [2.45, 2.75) is 57.3 Å². The van der Waals surface area contributed by atoms with Gasteiger partial charge in [0.1, 0.15) is 0 Å². The predicted molar refractivity (Wildman–Crippen MR) is 92.8 cm³/mol. The van der Waals surface area contributed by atoms with Crippen LogP contribution < -0.4 is 10.6 Å². The summed E-state index contributed by atoms with van der Waals surface area (Å²) in [5, 5.41) is 7.00. The van der Waals surface area contributed by atoms with Crippen molar-refractivity contribution in [3.63, 3.8) is 0 Å². The number of benzene rings is 1. The van der Waals surface area contributed by atoms with E-state index >= 15 is 0 Å². The number of guanidine groups is 1. The highest BCUT2D eigenvalue weighted by Gasteiger charge is 2.41. The SMILES string of the molecule is CCNC(=NCC1Cc2ccccc2C1)NC1CC2CCC1O2. The molecule has 0 saturated carbocycles. The van der Waals surface area contributed by atoms with E-state index in [2.05, 4.69) is 41.8 Å². The molecule has 4 heteroatoms. The second-order valence-corrected chi connectivity index (χ2v) is 7.12. The fraction of sp³-hybridized carbons (Fsp3) is 0.632. The Hall–Kier alpha value is -1.55. The number of nitrogens with one attached hydrogen (secondary N) is 2. The lowest BCUT2D eigenvalue weighted by Crippen LogP contribution is -2.47. The molecule has 124 valence electrons. The fourth-order valence-corrected chi connectivity index (χ4v) is 4.28. The van der Waals surface area contributed by atoms with Crippen molar-refractivity contribution in [3.8, 4) is 0 Å². The lowest BCUT2D eigenvalue weighted by Gasteiger charge is -2.23. The Kier molecular flexibility index (Phi) is 4.25. The van der Waals surface area contributed by atoms with Crippen LogP contribution in [0.15, 0.2) is 29.3 Å². The van der Waals surface area contributed by atoms with E-state index < -0.39 is 0 Å². The van der Waals surface area contributed by atoms with Crippen LogP contribution in [0.5, 0.6) is 0 Å². The largest absolute Gasteiger partial charge is 0.373 e. The Balaban J connectivity index is 1.35. The summed E-state index contributed by atoms with van der Waals surface area (Å²) >= 11 is 0. The van der Waals surface area contributed by atoms with E-state index in [0.717, 1.165) is 38.3 Å². The molecule has 4 rings (SSSR count). The molecule has 3 atom stereocenters. The van der Waals surface area contributed by atoms with Gasteiger partial charge in [-0.25, -0.2) is 0 Å². The van der Waals surface area contributed by atoms with Gasteiger partial charge in [-0.05, 0) is 56.1 Å². The number of rotatable bonds is 4. The minimum absolute atomic E-state index is 0.389. The molecule has 2 fully saturated rings. The quantitative estimate of drug-likeness (QED) is 0.662. The van der Waals surface area contributed by atoms with Gasteiger partial charge >= 0.3 is 0 Å². The molecule has 0 spiro atoms. The Morgan fingerprint density at radius 3 is 2.61 bits per heavy atom. The molecule has 0 aromatic heterocycles. The van der Waals surface area contributed by atoms with Crippen LogP contribution in [-0.4, -0.2) is 37.3 Å². The van der Waals surface area contributed by atoms with Crippen molar-refractivity contribution in [2.24, 2.45) is 10.9 Å². The average molecular weight is 313 g/mol. The molecule has 4 nitrogen and oxygen atoms in total. The van der Waals surface area contributed by atoms with E-state index in [1.807, 2.05) is 0 Å². The topological polar surface area (TPSA) is 45.7 Å². The van der Waals surface area contributed by atoms with Crippen LogP contribution in [0.3, 0.4) is 0 Å². The molecule has 2 aliphatic heterocycles. The average Bonchev–Trinajstić information content (AvgIpc) is 3.27. The molecule has 2 heterocycles. The molecule has 23 heavy (non-hydrogen) atoms. The molecular weight excluding hydrogens is 286 g/mol. The summed E-state index contributed by atoms with van der Waals surface area (Å²) in [5.41, 5.74) is 3.01. The Bertz CT molecular complexity index is 561. The molecule has 1 aliphatic carbocycles.